The summed E-state index contributed by atoms with van der Waals surface area (Å²) in [6, 6.07) is 18.6. The molecule has 0 bridgehead atoms. The first kappa shape index (κ1) is 18.5. The summed E-state index contributed by atoms with van der Waals surface area (Å²) in [6.45, 7) is 6.82. The number of likely N-dealkylation sites (tertiary alicyclic amines) is 1. The normalized spacial score (nSPS) is 16.8. The van der Waals surface area contributed by atoms with E-state index in [1.807, 2.05) is 44.2 Å². The van der Waals surface area contributed by atoms with Gasteiger partial charge in [-0.3, -0.25) is 9.69 Å². The number of amides is 1. The van der Waals surface area contributed by atoms with Crippen LogP contribution in [-0.2, 0) is 11.3 Å². The van der Waals surface area contributed by atoms with E-state index < -0.39 is 6.10 Å². The number of carbonyl (C=O) groups is 1. The summed E-state index contributed by atoms with van der Waals surface area (Å²) >= 11 is 0. The predicted molar refractivity (Wildman–Crippen MR) is 104 cm³/mol. The molecule has 4 heteroatoms. The zero-order chi connectivity index (χ0) is 18.4. The first-order chi connectivity index (χ1) is 12.6. The summed E-state index contributed by atoms with van der Waals surface area (Å²) in [4.78, 5) is 14.9. The highest BCUT2D eigenvalue weighted by atomic mass is 16.5. The molecule has 4 nitrogen and oxygen atoms in total. The molecular formula is C22H28N2O2. The summed E-state index contributed by atoms with van der Waals surface area (Å²) < 4.78 is 5.78. The quantitative estimate of drug-likeness (QED) is 0.864. The van der Waals surface area contributed by atoms with Crippen molar-refractivity contribution in [2.45, 2.75) is 45.4 Å². The van der Waals surface area contributed by atoms with Crippen LogP contribution in [0.1, 0.15) is 30.9 Å². The van der Waals surface area contributed by atoms with E-state index in [4.69, 9.17) is 4.74 Å². The second-order valence-electron chi connectivity index (χ2n) is 7.12. The molecule has 0 saturated carbocycles. The Balaban J connectivity index is 1.42. The molecule has 2 aromatic rings. The van der Waals surface area contributed by atoms with E-state index in [0.717, 1.165) is 43.8 Å². The van der Waals surface area contributed by atoms with Gasteiger partial charge in [0, 0.05) is 25.7 Å². The fourth-order valence-corrected chi connectivity index (χ4v) is 3.34. The first-order valence-corrected chi connectivity index (χ1v) is 9.40. The van der Waals surface area contributed by atoms with Gasteiger partial charge in [-0.1, -0.05) is 42.5 Å². The van der Waals surface area contributed by atoms with Crippen molar-refractivity contribution in [3.63, 3.8) is 0 Å². The van der Waals surface area contributed by atoms with Crippen molar-refractivity contribution in [1.29, 1.82) is 0 Å². The summed E-state index contributed by atoms with van der Waals surface area (Å²) in [5, 5.41) is 3.15. The number of aryl methyl sites for hydroxylation is 1. The van der Waals surface area contributed by atoms with Crippen molar-refractivity contribution in [1.82, 2.24) is 10.2 Å². The fourth-order valence-electron chi connectivity index (χ4n) is 3.34. The molecule has 1 heterocycles. The third-order valence-electron chi connectivity index (χ3n) is 4.85. The second-order valence-corrected chi connectivity index (χ2v) is 7.12. The van der Waals surface area contributed by atoms with Gasteiger partial charge in [-0.25, -0.2) is 0 Å². The monoisotopic (exact) mass is 352 g/mol. The van der Waals surface area contributed by atoms with Crippen molar-refractivity contribution in [3.8, 4) is 5.75 Å². The topological polar surface area (TPSA) is 41.6 Å². The van der Waals surface area contributed by atoms with E-state index in [-0.39, 0.29) is 11.9 Å². The summed E-state index contributed by atoms with van der Waals surface area (Å²) in [7, 11) is 0. The van der Waals surface area contributed by atoms with Gasteiger partial charge in [-0.2, -0.15) is 0 Å². The van der Waals surface area contributed by atoms with Crippen LogP contribution in [-0.4, -0.2) is 36.0 Å². The van der Waals surface area contributed by atoms with Crippen LogP contribution >= 0.6 is 0 Å². The third-order valence-corrected chi connectivity index (χ3v) is 4.85. The molecular weight excluding hydrogens is 324 g/mol. The van der Waals surface area contributed by atoms with Gasteiger partial charge in [0.2, 0.25) is 0 Å². The minimum Gasteiger partial charge on any atom is -0.481 e. The van der Waals surface area contributed by atoms with E-state index in [1.54, 1.807) is 0 Å². The number of hydrogen-bond donors (Lipinski definition) is 1. The molecule has 26 heavy (non-hydrogen) atoms. The maximum Gasteiger partial charge on any atom is 0.260 e. The Labute approximate surface area is 156 Å². The largest absolute Gasteiger partial charge is 0.481 e. The van der Waals surface area contributed by atoms with Gasteiger partial charge >= 0.3 is 0 Å². The van der Waals surface area contributed by atoms with Crippen molar-refractivity contribution < 1.29 is 9.53 Å². The van der Waals surface area contributed by atoms with E-state index >= 15 is 0 Å². The van der Waals surface area contributed by atoms with Crippen LogP contribution in [0.15, 0.2) is 54.6 Å². The Kier molecular flexibility index (Phi) is 6.29. The molecule has 1 aliphatic heterocycles. The lowest BCUT2D eigenvalue weighted by Gasteiger charge is -2.32. The molecule has 1 atom stereocenters. The Bertz CT molecular complexity index is 709. The van der Waals surface area contributed by atoms with E-state index in [1.165, 1.54) is 5.56 Å². The van der Waals surface area contributed by atoms with Crippen molar-refractivity contribution in [2.75, 3.05) is 13.1 Å². The Morgan fingerprint density at radius 3 is 2.58 bits per heavy atom. The van der Waals surface area contributed by atoms with E-state index in [2.05, 4.69) is 34.5 Å². The molecule has 1 saturated heterocycles. The number of nitrogens with zero attached hydrogens (tertiary/aromatic N) is 1. The number of carbonyl (C=O) groups excluding carboxylic acids is 1. The lowest BCUT2D eigenvalue weighted by molar-refractivity contribution is -0.128. The predicted octanol–water partition coefficient (Wildman–Crippen LogP) is 3.54. The van der Waals surface area contributed by atoms with Crippen LogP contribution in [0.3, 0.4) is 0 Å². The molecule has 1 fully saturated rings. The van der Waals surface area contributed by atoms with E-state index in [0.29, 0.717) is 0 Å². The molecule has 1 N–H and O–H groups in total. The zero-order valence-electron chi connectivity index (χ0n) is 15.7. The number of hydrogen-bond acceptors (Lipinski definition) is 3. The lowest BCUT2D eigenvalue weighted by atomic mass is 10.0. The molecule has 1 amide bonds. The van der Waals surface area contributed by atoms with Crippen LogP contribution < -0.4 is 10.1 Å². The zero-order valence-corrected chi connectivity index (χ0v) is 15.7. The number of nitrogens with one attached hydrogen (secondary N) is 1. The van der Waals surface area contributed by atoms with Gasteiger partial charge in [-0.05, 0) is 49.9 Å². The molecule has 0 radical (unpaired) electrons. The Hall–Kier alpha value is -2.33. The molecule has 3 rings (SSSR count). The first-order valence-electron chi connectivity index (χ1n) is 9.40. The number of benzene rings is 2. The van der Waals surface area contributed by atoms with Gasteiger partial charge < -0.3 is 10.1 Å². The summed E-state index contributed by atoms with van der Waals surface area (Å²) in [5.74, 6) is 0.707. The van der Waals surface area contributed by atoms with Gasteiger partial charge in [-0.15, -0.1) is 0 Å². The minimum atomic E-state index is -0.487. The molecule has 0 spiro atoms. The molecule has 138 valence electrons. The van der Waals surface area contributed by atoms with Gasteiger partial charge in [0.25, 0.3) is 5.91 Å². The second kappa shape index (κ2) is 8.86. The Morgan fingerprint density at radius 2 is 1.88 bits per heavy atom. The van der Waals surface area contributed by atoms with Crippen LogP contribution in [0.25, 0.3) is 0 Å². The SMILES string of the molecule is Cc1cccc(O[C@@H](C)C(=O)NC2CCN(Cc3ccccc3)CC2)c1. The number of ether oxygens (including phenoxy) is 1. The molecule has 1 aliphatic rings. The highest BCUT2D eigenvalue weighted by Gasteiger charge is 2.23. The Morgan fingerprint density at radius 1 is 1.15 bits per heavy atom. The molecule has 0 aliphatic carbocycles. The highest BCUT2D eigenvalue weighted by Crippen LogP contribution is 2.16. The highest BCUT2D eigenvalue weighted by molar-refractivity contribution is 5.81. The standard InChI is InChI=1S/C22H28N2O2/c1-17-7-6-10-21(15-17)26-18(2)22(25)23-20-11-13-24(14-12-20)16-19-8-4-3-5-9-19/h3-10,15,18,20H,11-14,16H2,1-2H3,(H,23,25)/t18-/m0/s1. The lowest BCUT2D eigenvalue weighted by Crippen LogP contribution is -2.47. The number of rotatable bonds is 6. The van der Waals surface area contributed by atoms with Crippen LogP contribution in [0.4, 0.5) is 0 Å². The van der Waals surface area contributed by atoms with Crippen LogP contribution in [0.2, 0.25) is 0 Å². The number of piperidine rings is 1. The maximum absolute atomic E-state index is 12.4. The van der Waals surface area contributed by atoms with Crippen LogP contribution in [0, 0.1) is 6.92 Å². The molecule has 0 unspecified atom stereocenters. The maximum atomic E-state index is 12.4. The van der Waals surface area contributed by atoms with Crippen molar-refractivity contribution in [2.24, 2.45) is 0 Å². The van der Waals surface area contributed by atoms with Gasteiger partial charge in [0.15, 0.2) is 6.10 Å². The van der Waals surface area contributed by atoms with Gasteiger partial charge in [0.1, 0.15) is 5.75 Å². The van der Waals surface area contributed by atoms with E-state index in [9.17, 15) is 4.79 Å². The average Bonchev–Trinajstić information content (AvgIpc) is 2.64. The minimum absolute atomic E-state index is 0.0342. The van der Waals surface area contributed by atoms with Crippen molar-refractivity contribution >= 4 is 5.91 Å². The smallest absolute Gasteiger partial charge is 0.260 e. The van der Waals surface area contributed by atoms with Crippen molar-refractivity contribution in [3.05, 3.63) is 65.7 Å². The van der Waals surface area contributed by atoms with Crippen LogP contribution in [0.5, 0.6) is 5.75 Å². The third kappa shape index (κ3) is 5.33. The summed E-state index contributed by atoms with van der Waals surface area (Å²) in [5.41, 5.74) is 2.47. The fraction of sp³-hybridized carbons (Fsp3) is 0.409. The average molecular weight is 352 g/mol. The molecule has 0 aromatic heterocycles. The summed E-state index contributed by atoms with van der Waals surface area (Å²) in [6.07, 6.45) is 1.48. The van der Waals surface area contributed by atoms with Gasteiger partial charge in [0.05, 0.1) is 0 Å². The molecule has 2 aromatic carbocycles.